The quantitative estimate of drug-likeness (QED) is 0.622. The molecule has 2 aromatic carbocycles. The molecule has 138 valence electrons. The number of nitro groups is 1. The van der Waals surface area contributed by atoms with E-state index in [2.05, 4.69) is 5.32 Å². The maximum absolute atomic E-state index is 11.5. The first kappa shape index (κ1) is 18.0. The molecule has 1 aliphatic rings. The molecule has 0 bridgehead atoms. The first-order valence-electron chi connectivity index (χ1n) is 8.46. The third kappa shape index (κ3) is 3.88. The second kappa shape index (κ2) is 8.05. The van der Waals surface area contributed by atoms with Gasteiger partial charge in [0.1, 0.15) is 5.69 Å². The third-order valence-electron chi connectivity index (χ3n) is 4.51. The highest BCUT2D eigenvalue weighted by atomic mass is 16.6. The van der Waals surface area contributed by atoms with Crippen LogP contribution >= 0.6 is 0 Å². The lowest BCUT2D eigenvalue weighted by Crippen LogP contribution is -2.30. The van der Waals surface area contributed by atoms with Crippen molar-refractivity contribution in [2.45, 2.75) is 25.0 Å². The molecule has 2 atom stereocenters. The molecular weight excluding hydrogens is 336 g/mol. The second-order valence-electron chi connectivity index (χ2n) is 6.12. The van der Waals surface area contributed by atoms with Crippen LogP contribution in [0.25, 0.3) is 0 Å². The van der Waals surface area contributed by atoms with Crippen LogP contribution in [-0.2, 0) is 4.74 Å². The molecule has 26 heavy (non-hydrogen) atoms. The van der Waals surface area contributed by atoms with Crippen molar-refractivity contribution in [3.63, 3.8) is 0 Å². The summed E-state index contributed by atoms with van der Waals surface area (Å²) >= 11 is 0. The summed E-state index contributed by atoms with van der Waals surface area (Å²) in [5, 5.41) is 14.8. The van der Waals surface area contributed by atoms with Gasteiger partial charge in [0, 0.05) is 18.7 Å². The predicted molar refractivity (Wildman–Crippen MR) is 98.0 cm³/mol. The Morgan fingerprint density at radius 3 is 2.50 bits per heavy atom. The highest BCUT2D eigenvalue weighted by molar-refractivity contribution is 5.68. The van der Waals surface area contributed by atoms with E-state index in [-0.39, 0.29) is 17.8 Å². The molecule has 0 aromatic heterocycles. The second-order valence-corrected chi connectivity index (χ2v) is 6.12. The Hall–Kier alpha value is -2.80. The fraction of sp³-hybridized carbons (Fsp3) is 0.368. The SMILES string of the molecule is COc1cc(NC2CCOC(c3ccccc3)C2)c([N+](=O)[O-])cc1OC. The van der Waals surface area contributed by atoms with Crippen molar-refractivity contribution in [1.82, 2.24) is 0 Å². The number of hydrogen-bond acceptors (Lipinski definition) is 6. The van der Waals surface area contributed by atoms with E-state index in [0.717, 1.165) is 18.4 Å². The molecule has 2 aromatic rings. The lowest BCUT2D eigenvalue weighted by atomic mass is 9.97. The van der Waals surface area contributed by atoms with E-state index < -0.39 is 4.92 Å². The van der Waals surface area contributed by atoms with Crippen molar-refractivity contribution in [1.29, 1.82) is 0 Å². The molecule has 0 saturated carbocycles. The number of hydrogen-bond donors (Lipinski definition) is 1. The van der Waals surface area contributed by atoms with Crippen LogP contribution in [0.1, 0.15) is 24.5 Å². The van der Waals surface area contributed by atoms with Gasteiger partial charge in [-0.2, -0.15) is 0 Å². The number of methoxy groups -OCH3 is 2. The van der Waals surface area contributed by atoms with Gasteiger partial charge in [0.05, 0.1) is 31.3 Å². The third-order valence-corrected chi connectivity index (χ3v) is 4.51. The minimum Gasteiger partial charge on any atom is -0.493 e. The zero-order valence-corrected chi connectivity index (χ0v) is 14.8. The van der Waals surface area contributed by atoms with Crippen molar-refractivity contribution in [2.24, 2.45) is 0 Å². The zero-order chi connectivity index (χ0) is 18.5. The van der Waals surface area contributed by atoms with Gasteiger partial charge in [0.2, 0.25) is 0 Å². The highest BCUT2D eigenvalue weighted by Crippen LogP contribution is 2.39. The number of nitrogens with one attached hydrogen (secondary N) is 1. The van der Waals surface area contributed by atoms with E-state index in [1.54, 1.807) is 6.07 Å². The number of nitro benzene ring substituents is 1. The molecule has 7 nitrogen and oxygen atoms in total. The van der Waals surface area contributed by atoms with Crippen LogP contribution in [0, 0.1) is 10.1 Å². The van der Waals surface area contributed by atoms with E-state index in [0.29, 0.717) is 23.8 Å². The van der Waals surface area contributed by atoms with E-state index in [1.165, 1.54) is 20.3 Å². The van der Waals surface area contributed by atoms with Crippen molar-refractivity contribution in [3.05, 3.63) is 58.1 Å². The van der Waals surface area contributed by atoms with Gasteiger partial charge >= 0.3 is 0 Å². The highest BCUT2D eigenvalue weighted by Gasteiger charge is 2.27. The lowest BCUT2D eigenvalue weighted by Gasteiger charge is -2.31. The molecular formula is C19H22N2O5. The molecule has 0 amide bonds. The zero-order valence-electron chi connectivity index (χ0n) is 14.8. The van der Waals surface area contributed by atoms with Gasteiger partial charge in [-0.3, -0.25) is 10.1 Å². The fourth-order valence-electron chi connectivity index (χ4n) is 3.18. The predicted octanol–water partition coefficient (Wildman–Crippen LogP) is 3.94. The minimum absolute atomic E-state index is 0.0262. The van der Waals surface area contributed by atoms with E-state index in [4.69, 9.17) is 14.2 Å². The van der Waals surface area contributed by atoms with Crippen LogP contribution in [-0.4, -0.2) is 31.8 Å². The number of benzene rings is 2. The average molecular weight is 358 g/mol. The molecule has 1 aliphatic heterocycles. The standard InChI is InChI=1S/C19H22N2O5/c1-24-18-11-15(16(21(22)23)12-19(18)25-2)20-14-8-9-26-17(10-14)13-6-4-3-5-7-13/h3-7,11-12,14,17,20H,8-10H2,1-2H3. The summed E-state index contributed by atoms with van der Waals surface area (Å²) in [7, 11) is 2.96. The maximum atomic E-state index is 11.5. The molecule has 1 fully saturated rings. The Bertz CT molecular complexity index is 766. The van der Waals surface area contributed by atoms with E-state index >= 15 is 0 Å². The summed E-state index contributed by atoms with van der Waals surface area (Å²) in [6.45, 7) is 0.596. The van der Waals surface area contributed by atoms with Gasteiger partial charge in [-0.05, 0) is 18.4 Å². The van der Waals surface area contributed by atoms with Crippen LogP contribution < -0.4 is 14.8 Å². The van der Waals surface area contributed by atoms with Crippen molar-refractivity contribution < 1.29 is 19.1 Å². The topological polar surface area (TPSA) is 82.9 Å². The van der Waals surface area contributed by atoms with Gasteiger partial charge in [-0.25, -0.2) is 0 Å². The van der Waals surface area contributed by atoms with Crippen molar-refractivity contribution in [2.75, 3.05) is 26.1 Å². The smallest absolute Gasteiger partial charge is 0.296 e. The van der Waals surface area contributed by atoms with E-state index in [9.17, 15) is 10.1 Å². The van der Waals surface area contributed by atoms with Gasteiger partial charge in [-0.1, -0.05) is 30.3 Å². The lowest BCUT2D eigenvalue weighted by molar-refractivity contribution is -0.384. The van der Waals surface area contributed by atoms with Crippen molar-refractivity contribution >= 4 is 11.4 Å². The summed E-state index contributed by atoms with van der Waals surface area (Å²) in [4.78, 5) is 11.0. The van der Waals surface area contributed by atoms with E-state index in [1.807, 2.05) is 30.3 Å². The summed E-state index contributed by atoms with van der Waals surface area (Å²) in [6, 6.07) is 13.1. The van der Waals surface area contributed by atoms with Gasteiger partial charge in [0.15, 0.2) is 11.5 Å². The molecule has 0 spiro atoms. The van der Waals surface area contributed by atoms with Gasteiger partial charge in [-0.15, -0.1) is 0 Å². The van der Waals surface area contributed by atoms with Crippen LogP contribution in [0.3, 0.4) is 0 Å². The summed E-state index contributed by atoms with van der Waals surface area (Å²) < 4.78 is 16.3. The summed E-state index contributed by atoms with van der Waals surface area (Å²) in [5.74, 6) is 0.783. The first-order chi connectivity index (χ1) is 12.6. The molecule has 3 rings (SSSR count). The molecule has 2 unspecified atom stereocenters. The van der Waals surface area contributed by atoms with Crippen LogP contribution in [0.4, 0.5) is 11.4 Å². The largest absolute Gasteiger partial charge is 0.493 e. The molecule has 1 heterocycles. The number of anilines is 1. The van der Waals surface area contributed by atoms with Crippen molar-refractivity contribution in [3.8, 4) is 11.5 Å². The van der Waals surface area contributed by atoms with Gasteiger partial charge < -0.3 is 19.5 Å². The van der Waals surface area contributed by atoms with Crippen LogP contribution in [0.5, 0.6) is 11.5 Å². The number of nitrogens with zero attached hydrogens (tertiary/aromatic N) is 1. The Morgan fingerprint density at radius 2 is 1.85 bits per heavy atom. The average Bonchev–Trinajstić information content (AvgIpc) is 2.68. The minimum atomic E-state index is -0.418. The first-order valence-corrected chi connectivity index (χ1v) is 8.46. The summed E-state index contributed by atoms with van der Waals surface area (Å²) in [6.07, 6.45) is 1.48. The Balaban J connectivity index is 1.82. The fourth-order valence-corrected chi connectivity index (χ4v) is 3.18. The number of ether oxygens (including phenoxy) is 3. The Morgan fingerprint density at radius 1 is 1.15 bits per heavy atom. The normalized spacial score (nSPS) is 19.6. The Kier molecular flexibility index (Phi) is 5.58. The number of rotatable bonds is 6. The maximum Gasteiger partial charge on any atom is 0.296 e. The van der Waals surface area contributed by atoms with Crippen LogP contribution in [0.15, 0.2) is 42.5 Å². The molecule has 7 heteroatoms. The monoisotopic (exact) mass is 358 g/mol. The molecule has 1 N–H and O–H groups in total. The van der Waals surface area contributed by atoms with Crippen LogP contribution in [0.2, 0.25) is 0 Å². The summed E-state index contributed by atoms with van der Waals surface area (Å²) in [5.41, 5.74) is 1.50. The molecule has 0 aliphatic carbocycles. The molecule has 1 saturated heterocycles. The molecule has 0 radical (unpaired) electrons. The Labute approximate surface area is 152 Å². The van der Waals surface area contributed by atoms with Gasteiger partial charge in [0.25, 0.3) is 5.69 Å².